The van der Waals surface area contributed by atoms with Gasteiger partial charge in [0.25, 0.3) is 0 Å². The summed E-state index contributed by atoms with van der Waals surface area (Å²) >= 11 is 1.05. The second kappa shape index (κ2) is 5.60. The molecule has 0 aromatic heterocycles. The van der Waals surface area contributed by atoms with Crippen molar-refractivity contribution in [2.45, 2.75) is 11.3 Å². The number of anilines is 1. The average Bonchev–Trinajstić information content (AvgIpc) is 2.23. The number of hydrogen-bond acceptors (Lipinski definition) is 4. The Morgan fingerprint density at radius 1 is 1.33 bits per heavy atom. The highest BCUT2D eigenvalue weighted by atomic mass is 32.2. The van der Waals surface area contributed by atoms with Gasteiger partial charge < -0.3 is 5.73 Å². The summed E-state index contributed by atoms with van der Waals surface area (Å²) in [5, 5.41) is 18.8. The molecule has 0 atom stereocenters. The van der Waals surface area contributed by atoms with Crippen LogP contribution in [-0.2, 0) is 0 Å². The lowest BCUT2D eigenvalue weighted by molar-refractivity contribution is 1.39. The molecule has 0 saturated heterocycles. The smallest absolute Gasteiger partial charge is 0.138 e. The molecule has 72 valence electrons. The van der Waals surface area contributed by atoms with Gasteiger partial charge >= 0.3 is 0 Å². The van der Waals surface area contributed by atoms with E-state index < -0.39 is 0 Å². The van der Waals surface area contributed by atoms with Crippen LogP contribution in [0.4, 0.5) is 5.69 Å². The third-order valence-electron chi connectivity index (χ3n) is 1.58. The van der Waals surface area contributed by atoms with Crippen molar-refractivity contribution in [1.82, 2.24) is 0 Å². The number of nitriles is 2. The van der Waals surface area contributed by atoms with Crippen LogP contribution in [0.2, 0.25) is 0 Å². The van der Waals surface area contributed by atoms with Gasteiger partial charge in [0.15, 0.2) is 0 Å². The molecule has 0 spiro atoms. The van der Waals surface area contributed by atoms with Gasteiger partial charge in [-0.2, -0.15) is 10.5 Å². The fraction of sp³-hybridized carbons (Fsp3) is 0.0909. The highest BCUT2D eigenvalue weighted by Crippen LogP contribution is 2.21. The Kier molecular flexibility index (Phi) is 4.10. The summed E-state index contributed by atoms with van der Waals surface area (Å²) in [6.07, 6.45) is 0.176. The van der Waals surface area contributed by atoms with Gasteiger partial charge in [0.2, 0.25) is 0 Å². The van der Waals surface area contributed by atoms with Crippen LogP contribution in [-0.4, -0.2) is 0 Å². The fourth-order valence-electron chi connectivity index (χ4n) is 0.939. The minimum Gasteiger partial charge on any atom is -0.398 e. The lowest BCUT2D eigenvalue weighted by Crippen LogP contribution is -1.89. The number of thiocyanates is 1. The van der Waals surface area contributed by atoms with Gasteiger partial charge in [-0.25, -0.2) is 0 Å². The van der Waals surface area contributed by atoms with E-state index in [1.54, 1.807) is 18.2 Å². The Hall–Kier alpha value is -2.09. The molecule has 1 aromatic carbocycles. The SMILES string of the molecule is N#CCC#Cc1cc(SC#N)ccc1N. The Balaban J connectivity index is 2.99. The van der Waals surface area contributed by atoms with Crippen LogP contribution in [0.15, 0.2) is 23.1 Å². The van der Waals surface area contributed by atoms with Crippen LogP contribution < -0.4 is 5.73 Å². The first kappa shape index (κ1) is 11.0. The van der Waals surface area contributed by atoms with Gasteiger partial charge in [0.1, 0.15) is 5.40 Å². The number of nitrogen functional groups attached to an aromatic ring is 1. The van der Waals surface area contributed by atoms with Crippen molar-refractivity contribution in [2.24, 2.45) is 0 Å². The first-order chi connectivity index (χ1) is 7.27. The van der Waals surface area contributed by atoms with E-state index in [0.717, 1.165) is 16.7 Å². The third-order valence-corrected chi connectivity index (χ3v) is 2.16. The molecule has 0 aliphatic carbocycles. The van der Waals surface area contributed by atoms with Crippen LogP contribution >= 0.6 is 11.8 Å². The van der Waals surface area contributed by atoms with Crippen LogP contribution in [0.1, 0.15) is 12.0 Å². The highest BCUT2D eigenvalue weighted by Gasteiger charge is 1.98. The molecule has 1 rings (SSSR count). The molecule has 2 N–H and O–H groups in total. The molecule has 0 saturated carbocycles. The van der Waals surface area contributed by atoms with Crippen LogP contribution in [0.5, 0.6) is 0 Å². The van der Waals surface area contributed by atoms with E-state index in [1.165, 1.54) is 0 Å². The zero-order valence-corrected chi connectivity index (χ0v) is 8.64. The lowest BCUT2D eigenvalue weighted by atomic mass is 10.2. The summed E-state index contributed by atoms with van der Waals surface area (Å²) in [6, 6.07) is 7.14. The monoisotopic (exact) mass is 213 g/mol. The minimum absolute atomic E-state index is 0.176. The van der Waals surface area contributed by atoms with E-state index in [-0.39, 0.29) is 6.42 Å². The molecule has 0 unspecified atom stereocenters. The van der Waals surface area contributed by atoms with Crippen molar-refractivity contribution in [1.29, 1.82) is 10.5 Å². The summed E-state index contributed by atoms with van der Waals surface area (Å²) in [6.45, 7) is 0. The topological polar surface area (TPSA) is 73.6 Å². The molecular weight excluding hydrogens is 206 g/mol. The molecule has 0 radical (unpaired) electrons. The molecule has 3 nitrogen and oxygen atoms in total. The van der Waals surface area contributed by atoms with Gasteiger partial charge in [-0.1, -0.05) is 11.8 Å². The van der Waals surface area contributed by atoms with Crippen molar-refractivity contribution in [2.75, 3.05) is 5.73 Å². The first-order valence-corrected chi connectivity index (χ1v) is 4.91. The van der Waals surface area contributed by atoms with Crippen LogP contribution in [0.25, 0.3) is 0 Å². The Morgan fingerprint density at radius 2 is 2.13 bits per heavy atom. The largest absolute Gasteiger partial charge is 0.398 e. The molecule has 0 bridgehead atoms. The van der Waals surface area contributed by atoms with E-state index >= 15 is 0 Å². The molecule has 0 aliphatic heterocycles. The third kappa shape index (κ3) is 3.27. The summed E-state index contributed by atoms with van der Waals surface area (Å²) in [5.41, 5.74) is 6.91. The molecule has 0 heterocycles. The van der Waals surface area contributed by atoms with E-state index in [1.807, 2.05) is 11.5 Å². The van der Waals surface area contributed by atoms with Crippen molar-refractivity contribution in [3.63, 3.8) is 0 Å². The highest BCUT2D eigenvalue weighted by molar-refractivity contribution is 8.03. The number of benzene rings is 1. The predicted molar refractivity (Wildman–Crippen MR) is 59.4 cm³/mol. The Bertz CT molecular complexity index is 497. The lowest BCUT2D eigenvalue weighted by Gasteiger charge is -1.99. The van der Waals surface area contributed by atoms with Crippen LogP contribution in [0.3, 0.4) is 0 Å². The molecule has 4 heteroatoms. The normalized spacial score (nSPS) is 8.13. The summed E-state index contributed by atoms with van der Waals surface area (Å²) in [5.74, 6) is 5.47. The molecule has 1 aromatic rings. The maximum Gasteiger partial charge on any atom is 0.138 e. The standard InChI is InChI=1S/C11H7N3S/c12-6-2-1-3-9-7-10(15-8-13)4-5-11(9)14/h4-5,7H,2,14H2. The fourth-order valence-corrected chi connectivity index (χ4v) is 1.36. The molecule has 0 fully saturated rings. The zero-order valence-electron chi connectivity index (χ0n) is 7.82. The molecular formula is C11H7N3S. The van der Waals surface area contributed by atoms with E-state index in [2.05, 4.69) is 11.8 Å². The first-order valence-electron chi connectivity index (χ1n) is 4.09. The number of nitrogens with zero attached hydrogens (tertiary/aromatic N) is 2. The second-order valence-corrected chi connectivity index (χ2v) is 3.44. The minimum atomic E-state index is 0.176. The van der Waals surface area contributed by atoms with E-state index in [4.69, 9.17) is 16.3 Å². The number of hydrogen-bond donors (Lipinski definition) is 1. The zero-order chi connectivity index (χ0) is 11.1. The second-order valence-electron chi connectivity index (χ2n) is 2.58. The summed E-state index contributed by atoms with van der Waals surface area (Å²) in [4.78, 5) is 0.799. The van der Waals surface area contributed by atoms with E-state index in [0.29, 0.717) is 11.3 Å². The van der Waals surface area contributed by atoms with Crippen molar-refractivity contribution >= 4 is 17.4 Å². The number of thioether (sulfide) groups is 1. The molecule has 0 aliphatic rings. The maximum absolute atomic E-state index is 8.50. The maximum atomic E-state index is 8.50. The summed E-state index contributed by atoms with van der Waals surface area (Å²) < 4.78 is 0. The van der Waals surface area contributed by atoms with Gasteiger partial charge in [-0.15, -0.1) is 0 Å². The number of nitrogens with two attached hydrogens (primary N) is 1. The quantitative estimate of drug-likeness (QED) is 0.335. The molecule has 15 heavy (non-hydrogen) atoms. The predicted octanol–water partition coefficient (Wildman–Crippen LogP) is 2.11. The summed E-state index contributed by atoms with van der Waals surface area (Å²) in [7, 11) is 0. The van der Waals surface area contributed by atoms with Crippen LogP contribution in [0, 0.1) is 33.8 Å². The van der Waals surface area contributed by atoms with Gasteiger partial charge in [-0.05, 0) is 30.0 Å². The Labute approximate surface area is 92.5 Å². The Morgan fingerprint density at radius 3 is 2.80 bits per heavy atom. The van der Waals surface area contributed by atoms with Crippen molar-refractivity contribution in [3.8, 4) is 23.3 Å². The van der Waals surface area contributed by atoms with Gasteiger partial charge in [-0.3, -0.25) is 0 Å². The van der Waals surface area contributed by atoms with Gasteiger partial charge in [0, 0.05) is 16.1 Å². The van der Waals surface area contributed by atoms with Gasteiger partial charge in [0.05, 0.1) is 12.5 Å². The number of rotatable bonds is 1. The van der Waals surface area contributed by atoms with E-state index in [9.17, 15) is 0 Å². The van der Waals surface area contributed by atoms with Crippen molar-refractivity contribution in [3.05, 3.63) is 23.8 Å². The average molecular weight is 213 g/mol. The van der Waals surface area contributed by atoms with Crippen molar-refractivity contribution < 1.29 is 0 Å². The molecule has 0 amide bonds.